The SMILES string of the molecule is CC(C)n1c(CNC(=O)CCc2ccc(Cl)s2)n[nH]c1=S. The summed E-state index contributed by atoms with van der Waals surface area (Å²) in [5, 5.41) is 9.77. The molecule has 0 bridgehead atoms. The number of rotatable bonds is 6. The van der Waals surface area contributed by atoms with Gasteiger partial charge in [0.15, 0.2) is 10.6 Å². The van der Waals surface area contributed by atoms with Gasteiger partial charge in [0.1, 0.15) is 0 Å². The van der Waals surface area contributed by atoms with E-state index in [1.54, 1.807) is 0 Å². The van der Waals surface area contributed by atoms with Crippen LogP contribution in [0.3, 0.4) is 0 Å². The van der Waals surface area contributed by atoms with Crippen molar-refractivity contribution in [3.63, 3.8) is 0 Å². The number of nitrogens with zero attached hydrogens (tertiary/aromatic N) is 2. The van der Waals surface area contributed by atoms with Crippen molar-refractivity contribution < 1.29 is 4.79 Å². The minimum Gasteiger partial charge on any atom is -0.349 e. The van der Waals surface area contributed by atoms with E-state index in [1.165, 1.54) is 11.3 Å². The molecular formula is C13H17ClN4OS2. The monoisotopic (exact) mass is 344 g/mol. The molecular weight excluding hydrogens is 328 g/mol. The molecule has 2 aromatic rings. The summed E-state index contributed by atoms with van der Waals surface area (Å²) in [5.41, 5.74) is 0. The van der Waals surface area contributed by atoms with Crippen LogP contribution in [-0.2, 0) is 17.8 Å². The molecule has 0 spiro atoms. The van der Waals surface area contributed by atoms with Crippen molar-refractivity contribution in [1.82, 2.24) is 20.1 Å². The fourth-order valence-corrected chi connectivity index (χ4v) is 3.43. The number of nitrogens with one attached hydrogen (secondary N) is 2. The molecule has 2 heterocycles. The predicted octanol–water partition coefficient (Wildman–Crippen LogP) is 3.49. The van der Waals surface area contributed by atoms with Gasteiger partial charge < -0.3 is 9.88 Å². The van der Waals surface area contributed by atoms with Crippen molar-refractivity contribution >= 4 is 41.1 Å². The zero-order valence-electron chi connectivity index (χ0n) is 11.9. The van der Waals surface area contributed by atoms with Crippen LogP contribution in [0.5, 0.6) is 0 Å². The van der Waals surface area contributed by atoms with Crippen molar-refractivity contribution in [1.29, 1.82) is 0 Å². The third kappa shape index (κ3) is 4.39. The first kappa shape index (κ1) is 16.2. The van der Waals surface area contributed by atoms with E-state index in [9.17, 15) is 4.79 Å². The van der Waals surface area contributed by atoms with Gasteiger partial charge in [-0.05, 0) is 44.6 Å². The lowest BCUT2D eigenvalue weighted by Gasteiger charge is -2.10. The van der Waals surface area contributed by atoms with E-state index < -0.39 is 0 Å². The van der Waals surface area contributed by atoms with Crippen molar-refractivity contribution in [2.75, 3.05) is 0 Å². The number of aromatic nitrogens is 3. The molecule has 0 unspecified atom stereocenters. The second-order valence-electron chi connectivity index (χ2n) is 4.89. The minimum absolute atomic E-state index is 0.0104. The van der Waals surface area contributed by atoms with Crippen molar-refractivity contribution in [3.05, 3.63) is 31.9 Å². The Balaban J connectivity index is 1.85. The Morgan fingerprint density at radius 2 is 2.33 bits per heavy atom. The Labute approximate surface area is 137 Å². The van der Waals surface area contributed by atoms with Crippen LogP contribution >= 0.6 is 35.2 Å². The van der Waals surface area contributed by atoms with Gasteiger partial charge in [0, 0.05) is 17.3 Å². The molecule has 0 radical (unpaired) electrons. The number of amides is 1. The lowest BCUT2D eigenvalue weighted by Crippen LogP contribution is -2.25. The van der Waals surface area contributed by atoms with Gasteiger partial charge in [-0.1, -0.05) is 11.6 Å². The number of aromatic amines is 1. The van der Waals surface area contributed by atoms with E-state index in [2.05, 4.69) is 15.5 Å². The van der Waals surface area contributed by atoms with Crippen LogP contribution in [-0.4, -0.2) is 20.7 Å². The number of H-pyrrole nitrogens is 1. The van der Waals surface area contributed by atoms with E-state index >= 15 is 0 Å². The first-order chi connectivity index (χ1) is 9.97. The van der Waals surface area contributed by atoms with Crippen LogP contribution in [0.25, 0.3) is 0 Å². The topological polar surface area (TPSA) is 62.7 Å². The van der Waals surface area contributed by atoms with Gasteiger partial charge >= 0.3 is 0 Å². The summed E-state index contributed by atoms with van der Waals surface area (Å²) < 4.78 is 3.22. The Morgan fingerprint density at radius 1 is 1.57 bits per heavy atom. The average molecular weight is 345 g/mol. The van der Waals surface area contributed by atoms with E-state index in [4.69, 9.17) is 23.8 Å². The van der Waals surface area contributed by atoms with Gasteiger partial charge in [0.05, 0.1) is 10.9 Å². The Morgan fingerprint density at radius 3 is 2.95 bits per heavy atom. The summed E-state index contributed by atoms with van der Waals surface area (Å²) in [6.45, 7) is 4.42. The summed E-state index contributed by atoms with van der Waals surface area (Å²) >= 11 is 12.5. The first-order valence-electron chi connectivity index (χ1n) is 6.64. The van der Waals surface area contributed by atoms with E-state index in [0.717, 1.165) is 15.0 Å². The van der Waals surface area contributed by atoms with Crippen LogP contribution in [0.15, 0.2) is 12.1 Å². The molecule has 8 heteroatoms. The van der Waals surface area contributed by atoms with Gasteiger partial charge in [-0.25, -0.2) is 0 Å². The molecule has 0 atom stereocenters. The first-order valence-corrected chi connectivity index (χ1v) is 8.24. The molecule has 1 amide bonds. The van der Waals surface area contributed by atoms with Crippen molar-refractivity contribution in [2.24, 2.45) is 0 Å². The van der Waals surface area contributed by atoms with Crippen LogP contribution in [0.2, 0.25) is 4.34 Å². The molecule has 0 aliphatic heterocycles. The minimum atomic E-state index is -0.0104. The molecule has 114 valence electrons. The van der Waals surface area contributed by atoms with Crippen molar-refractivity contribution in [3.8, 4) is 0 Å². The van der Waals surface area contributed by atoms with Crippen LogP contribution < -0.4 is 5.32 Å². The lowest BCUT2D eigenvalue weighted by molar-refractivity contribution is -0.121. The highest BCUT2D eigenvalue weighted by atomic mass is 35.5. The molecule has 2 N–H and O–H groups in total. The van der Waals surface area contributed by atoms with Gasteiger partial charge in [-0.2, -0.15) is 5.10 Å². The smallest absolute Gasteiger partial charge is 0.220 e. The molecule has 5 nitrogen and oxygen atoms in total. The number of hydrogen-bond acceptors (Lipinski definition) is 4. The normalized spacial score (nSPS) is 11.0. The highest BCUT2D eigenvalue weighted by molar-refractivity contribution is 7.71. The largest absolute Gasteiger partial charge is 0.349 e. The van der Waals surface area contributed by atoms with Gasteiger partial charge in [0.25, 0.3) is 0 Å². The standard InChI is InChI=1S/C13H17ClN4OS2/c1-8(2)18-11(16-17-13(18)20)7-15-12(19)6-4-9-3-5-10(14)21-9/h3,5,8H,4,6-7H2,1-2H3,(H,15,19)(H,17,20). The molecule has 0 aromatic carbocycles. The highest BCUT2D eigenvalue weighted by Crippen LogP contribution is 2.22. The number of halogens is 1. The van der Waals surface area contributed by atoms with Gasteiger partial charge in [-0.3, -0.25) is 9.89 Å². The van der Waals surface area contributed by atoms with Crippen LogP contribution in [0, 0.1) is 4.77 Å². The molecule has 0 saturated carbocycles. The van der Waals surface area contributed by atoms with Crippen LogP contribution in [0.4, 0.5) is 0 Å². The van der Waals surface area contributed by atoms with E-state index in [0.29, 0.717) is 24.2 Å². The molecule has 2 rings (SSSR count). The number of hydrogen-bond donors (Lipinski definition) is 2. The Kier molecular flexibility index (Phi) is 5.55. The van der Waals surface area contributed by atoms with E-state index in [1.807, 2.05) is 30.5 Å². The quantitative estimate of drug-likeness (QED) is 0.788. The van der Waals surface area contributed by atoms with E-state index in [-0.39, 0.29) is 11.9 Å². The fourth-order valence-electron chi connectivity index (χ4n) is 1.98. The summed E-state index contributed by atoms with van der Waals surface area (Å²) in [7, 11) is 0. The van der Waals surface area contributed by atoms with Gasteiger partial charge in [0.2, 0.25) is 5.91 Å². The number of carbonyl (C=O) groups is 1. The molecule has 21 heavy (non-hydrogen) atoms. The van der Waals surface area contributed by atoms with Crippen LogP contribution in [0.1, 0.15) is 37.0 Å². The maximum absolute atomic E-state index is 11.9. The maximum atomic E-state index is 11.9. The predicted molar refractivity (Wildman–Crippen MR) is 87.3 cm³/mol. The summed E-state index contributed by atoms with van der Waals surface area (Å²) in [6, 6.07) is 4.00. The second-order valence-corrected chi connectivity index (χ2v) is 7.08. The molecule has 0 saturated heterocycles. The summed E-state index contributed by atoms with van der Waals surface area (Å²) in [6.07, 6.45) is 1.13. The Hall–Kier alpha value is -1.18. The summed E-state index contributed by atoms with van der Waals surface area (Å²) in [4.78, 5) is 13.0. The summed E-state index contributed by atoms with van der Waals surface area (Å²) in [5.74, 6) is 0.728. The highest BCUT2D eigenvalue weighted by Gasteiger charge is 2.10. The van der Waals surface area contributed by atoms with Crippen molar-refractivity contribution in [2.45, 2.75) is 39.3 Å². The molecule has 0 fully saturated rings. The third-order valence-electron chi connectivity index (χ3n) is 2.96. The molecule has 0 aliphatic rings. The Bertz CT molecular complexity index is 674. The zero-order valence-corrected chi connectivity index (χ0v) is 14.2. The average Bonchev–Trinajstić information content (AvgIpc) is 3.00. The number of thiophene rings is 1. The molecule has 0 aliphatic carbocycles. The molecule has 2 aromatic heterocycles. The number of aryl methyl sites for hydroxylation is 1. The third-order valence-corrected chi connectivity index (χ3v) is 4.54. The maximum Gasteiger partial charge on any atom is 0.220 e. The number of carbonyl (C=O) groups excluding carboxylic acids is 1. The lowest BCUT2D eigenvalue weighted by atomic mass is 10.2. The second kappa shape index (κ2) is 7.20. The zero-order chi connectivity index (χ0) is 15.4. The fraction of sp³-hybridized carbons (Fsp3) is 0.462. The van der Waals surface area contributed by atoms with Gasteiger partial charge in [-0.15, -0.1) is 11.3 Å².